The molecule has 0 spiro atoms. The number of ether oxygens (including phenoxy) is 1. The minimum Gasteiger partial charge on any atom is -0.465 e. The topological polar surface area (TPSA) is 86.5 Å². The molecular weight excluding hydrogens is 266 g/mol. The van der Waals surface area contributed by atoms with E-state index in [9.17, 15) is 13.2 Å². The van der Waals surface area contributed by atoms with Crippen LogP contribution in [0.2, 0.25) is 0 Å². The molecule has 0 aromatic heterocycles. The van der Waals surface area contributed by atoms with E-state index >= 15 is 0 Å². The van der Waals surface area contributed by atoms with Crippen molar-refractivity contribution >= 4 is 15.8 Å². The predicted molar refractivity (Wildman–Crippen MR) is 71.4 cm³/mol. The van der Waals surface area contributed by atoms with E-state index in [0.29, 0.717) is 0 Å². The summed E-state index contributed by atoms with van der Waals surface area (Å²) in [6.07, 6.45) is 1.10. The monoisotopic (exact) mass is 283 g/mol. The van der Waals surface area contributed by atoms with E-state index in [0.717, 1.165) is 11.8 Å². The predicted octanol–water partition coefficient (Wildman–Crippen LogP) is 0.458. The summed E-state index contributed by atoms with van der Waals surface area (Å²) in [4.78, 5) is 12.0. The Bertz CT molecular complexity index is 584. The minimum absolute atomic E-state index is 0.176. The zero-order valence-electron chi connectivity index (χ0n) is 10.9. The fraction of sp³-hybridized carbons (Fsp3) is 0.462. The van der Waals surface area contributed by atoms with Crippen LogP contribution in [0.5, 0.6) is 0 Å². The summed E-state index contributed by atoms with van der Waals surface area (Å²) < 4.78 is 28.5. The van der Waals surface area contributed by atoms with E-state index in [1.54, 1.807) is 31.2 Å². The second-order valence-electron chi connectivity index (χ2n) is 4.79. The summed E-state index contributed by atoms with van der Waals surface area (Å²) in [6.45, 7) is 1.84. The van der Waals surface area contributed by atoms with E-state index < -0.39 is 32.5 Å². The Hall–Kier alpha value is -1.40. The Morgan fingerprint density at radius 1 is 1.37 bits per heavy atom. The van der Waals surface area contributed by atoms with Crippen LogP contribution in [0.3, 0.4) is 0 Å². The number of sulfone groups is 1. The minimum atomic E-state index is -3.42. The van der Waals surface area contributed by atoms with Gasteiger partial charge in [-0.05, 0) is 12.5 Å². The molecule has 0 radical (unpaired) electrons. The molecule has 5 nitrogen and oxygen atoms in total. The van der Waals surface area contributed by atoms with Gasteiger partial charge in [0, 0.05) is 12.2 Å². The quantitative estimate of drug-likeness (QED) is 0.811. The average molecular weight is 283 g/mol. The molecule has 1 aliphatic carbocycles. The fourth-order valence-electron chi connectivity index (χ4n) is 2.59. The average Bonchev–Trinajstić information content (AvgIpc) is 2.99. The summed E-state index contributed by atoms with van der Waals surface area (Å²) >= 11 is 0. The second kappa shape index (κ2) is 4.61. The first-order valence-electron chi connectivity index (χ1n) is 6.03. The first-order valence-corrected chi connectivity index (χ1v) is 7.98. The first-order chi connectivity index (χ1) is 8.83. The van der Waals surface area contributed by atoms with Crippen LogP contribution in [0, 0.1) is 0 Å². The van der Waals surface area contributed by atoms with Crippen LogP contribution >= 0.6 is 0 Å². The maximum Gasteiger partial charge on any atom is 0.328 e. The number of benzene rings is 1. The van der Waals surface area contributed by atoms with Crippen LogP contribution in [-0.4, -0.2) is 38.0 Å². The highest BCUT2D eigenvalue weighted by molar-refractivity contribution is 7.91. The number of esters is 1. The largest absolute Gasteiger partial charge is 0.465 e. The standard InChI is InChI=1S/C13H17NO4S/c1-3-18-12(15)13(14)10(11(13)19(2,16)17)9-7-5-4-6-8-9/h4-8,10-11H,3,14H2,1-2H3. The molecule has 0 heterocycles. The van der Waals surface area contributed by atoms with Gasteiger partial charge in [0.25, 0.3) is 0 Å². The highest BCUT2D eigenvalue weighted by Crippen LogP contribution is 2.54. The van der Waals surface area contributed by atoms with Crippen molar-refractivity contribution in [3.63, 3.8) is 0 Å². The molecule has 0 bridgehead atoms. The molecule has 1 aromatic rings. The Kier molecular flexibility index (Phi) is 3.40. The molecule has 19 heavy (non-hydrogen) atoms. The Balaban J connectivity index is 2.40. The third kappa shape index (κ3) is 2.26. The maximum absolute atomic E-state index is 12.0. The molecule has 3 unspecified atom stereocenters. The molecular formula is C13H17NO4S. The van der Waals surface area contributed by atoms with Crippen molar-refractivity contribution < 1.29 is 17.9 Å². The zero-order chi connectivity index (χ0) is 14.3. The third-order valence-electron chi connectivity index (χ3n) is 3.43. The van der Waals surface area contributed by atoms with Gasteiger partial charge in [0.2, 0.25) is 0 Å². The Labute approximate surface area is 112 Å². The van der Waals surface area contributed by atoms with Gasteiger partial charge in [-0.25, -0.2) is 13.2 Å². The van der Waals surface area contributed by atoms with Gasteiger partial charge in [0.15, 0.2) is 9.84 Å². The Morgan fingerprint density at radius 2 is 1.95 bits per heavy atom. The molecule has 0 amide bonds. The van der Waals surface area contributed by atoms with Gasteiger partial charge in [-0.15, -0.1) is 0 Å². The molecule has 2 N–H and O–H groups in total. The summed E-state index contributed by atoms with van der Waals surface area (Å²) in [7, 11) is -3.42. The SMILES string of the molecule is CCOC(=O)C1(N)C(c2ccccc2)C1S(C)(=O)=O. The van der Waals surface area contributed by atoms with Crippen molar-refractivity contribution in [2.75, 3.05) is 12.9 Å². The normalized spacial score (nSPS) is 29.8. The van der Waals surface area contributed by atoms with Crippen LogP contribution in [0.4, 0.5) is 0 Å². The van der Waals surface area contributed by atoms with Gasteiger partial charge in [-0.1, -0.05) is 30.3 Å². The molecule has 0 saturated heterocycles. The summed E-state index contributed by atoms with van der Waals surface area (Å²) in [5.41, 5.74) is 5.31. The number of rotatable bonds is 4. The molecule has 2 rings (SSSR count). The lowest BCUT2D eigenvalue weighted by Gasteiger charge is -2.10. The lowest BCUT2D eigenvalue weighted by Crippen LogP contribution is -2.41. The van der Waals surface area contributed by atoms with Crippen molar-refractivity contribution in [3.05, 3.63) is 35.9 Å². The highest BCUT2D eigenvalue weighted by Gasteiger charge is 2.73. The number of hydrogen-bond acceptors (Lipinski definition) is 5. The summed E-state index contributed by atoms with van der Waals surface area (Å²) in [5, 5.41) is -0.915. The van der Waals surface area contributed by atoms with Gasteiger partial charge in [0.05, 0.1) is 11.9 Å². The van der Waals surface area contributed by atoms with Crippen molar-refractivity contribution in [3.8, 4) is 0 Å². The number of hydrogen-bond donors (Lipinski definition) is 1. The number of carbonyl (C=O) groups is 1. The van der Waals surface area contributed by atoms with Crippen molar-refractivity contribution in [2.45, 2.75) is 23.6 Å². The molecule has 6 heteroatoms. The number of nitrogens with two attached hydrogens (primary N) is 1. The van der Waals surface area contributed by atoms with E-state index in [1.165, 1.54) is 0 Å². The zero-order valence-corrected chi connectivity index (χ0v) is 11.7. The highest BCUT2D eigenvalue weighted by atomic mass is 32.2. The van der Waals surface area contributed by atoms with E-state index in [-0.39, 0.29) is 6.61 Å². The lowest BCUT2D eigenvalue weighted by atomic mass is 10.1. The van der Waals surface area contributed by atoms with Crippen LogP contribution in [-0.2, 0) is 19.4 Å². The van der Waals surface area contributed by atoms with Gasteiger partial charge < -0.3 is 10.5 Å². The van der Waals surface area contributed by atoms with E-state index in [4.69, 9.17) is 10.5 Å². The fourth-order valence-corrected chi connectivity index (χ4v) is 4.34. The lowest BCUT2D eigenvalue weighted by molar-refractivity contribution is -0.145. The van der Waals surface area contributed by atoms with Crippen molar-refractivity contribution in [1.29, 1.82) is 0 Å². The Morgan fingerprint density at radius 3 is 2.42 bits per heavy atom. The second-order valence-corrected chi connectivity index (χ2v) is 6.96. The summed E-state index contributed by atoms with van der Waals surface area (Å²) in [6, 6.07) is 8.95. The molecule has 104 valence electrons. The molecule has 3 atom stereocenters. The number of carbonyl (C=O) groups excluding carboxylic acids is 1. The molecule has 0 aliphatic heterocycles. The third-order valence-corrected chi connectivity index (χ3v) is 5.01. The van der Waals surface area contributed by atoms with Gasteiger partial charge in [-0.2, -0.15) is 0 Å². The smallest absolute Gasteiger partial charge is 0.328 e. The van der Waals surface area contributed by atoms with Crippen molar-refractivity contribution in [2.24, 2.45) is 5.73 Å². The molecule has 1 aromatic carbocycles. The molecule has 1 saturated carbocycles. The van der Waals surface area contributed by atoms with Crippen LogP contribution < -0.4 is 5.73 Å². The van der Waals surface area contributed by atoms with E-state index in [2.05, 4.69) is 0 Å². The molecule has 1 fully saturated rings. The van der Waals surface area contributed by atoms with Gasteiger partial charge in [-0.3, -0.25) is 0 Å². The molecule has 1 aliphatic rings. The van der Waals surface area contributed by atoms with E-state index in [1.807, 2.05) is 6.07 Å². The summed E-state index contributed by atoms with van der Waals surface area (Å²) in [5.74, 6) is -1.19. The van der Waals surface area contributed by atoms with Gasteiger partial charge in [0.1, 0.15) is 5.54 Å². The van der Waals surface area contributed by atoms with Gasteiger partial charge >= 0.3 is 5.97 Å². The van der Waals surface area contributed by atoms with Crippen LogP contribution in [0.25, 0.3) is 0 Å². The van der Waals surface area contributed by atoms with Crippen LogP contribution in [0.15, 0.2) is 30.3 Å². The first kappa shape index (κ1) is 14.0. The maximum atomic E-state index is 12.0. The van der Waals surface area contributed by atoms with Crippen molar-refractivity contribution in [1.82, 2.24) is 0 Å². The van der Waals surface area contributed by atoms with Crippen LogP contribution in [0.1, 0.15) is 18.4 Å².